The molecule has 1 saturated heterocycles. The van der Waals surface area contributed by atoms with Gasteiger partial charge in [0.2, 0.25) is 5.91 Å². The summed E-state index contributed by atoms with van der Waals surface area (Å²) in [5, 5.41) is 12.0. The van der Waals surface area contributed by atoms with Gasteiger partial charge in [0.15, 0.2) is 0 Å². The number of carbonyl (C=O) groups excluding carboxylic acids is 1. The van der Waals surface area contributed by atoms with Crippen LogP contribution >= 0.6 is 0 Å². The standard InChI is InChI=1S/C19H28N2O3/c1-19(2,3)15-8-6-14(7-9-15)10-11-20-17(22)13-21-12-4-5-16(21)18(23)24/h6-9,16H,4-5,10-13H2,1-3H3,(H,20,22)(H,23,24). The molecule has 1 atom stereocenters. The van der Waals surface area contributed by atoms with Gasteiger partial charge < -0.3 is 10.4 Å². The smallest absolute Gasteiger partial charge is 0.320 e. The molecule has 1 amide bonds. The lowest BCUT2D eigenvalue weighted by Crippen LogP contribution is -2.43. The molecule has 1 unspecified atom stereocenters. The predicted octanol–water partition coefficient (Wildman–Crippen LogP) is 2.19. The van der Waals surface area contributed by atoms with E-state index in [2.05, 4.69) is 50.4 Å². The van der Waals surface area contributed by atoms with Crippen molar-refractivity contribution in [1.82, 2.24) is 10.2 Å². The van der Waals surface area contributed by atoms with Crippen molar-refractivity contribution < 1.29 is 14.7 Å². The Morgan fingerprint density at radius 1 is 1.25 bits per heavy atom. The highest BCUT2D eigenvalue weighted by atomic mass is 16.4. The Hall–Kier alpha value is -1.88. The number of carboxylic acids is 1. The topological polar surface area (TPSA) is 69.6 Å². The van der Waals surface area contributed by atoms with E-state index in [1.165, 1.54) is 11.1 Å². The Kier molecular flexibility index (Phi) is 5.99. The number of likely N-dealkylation sites (tertiary alicyclic amines) is 1. The highest BCUT2D eigenvalue weighted by molar-refractivity contribution is 5.80. The number of nitrogens with zero attached hydrogens (tertiary/aromatic N) is 1. The number of nitrogens with one attached hydrogen (secondary N) is 1. The van der Waals surface area contributed by atoms with Gasteiger partial charge in [-0.25, -0.2) is 0 Å². The van der Waals surface area contributed by atoms with E-state index >= 15 is 0 Å². The number of amides is 1. The summed E-state index contributed by atoms with van der Waals surface area (Å²) >= 11 is 0. The minimum atomic E-state index is -0.834. The SMILES string of the molecule is CC(C)(C)c1ccc(CCNC(=O)CN2CCCC2C(=O)O)cc1. The van der Waals surface area contributed by atoms with Crippen molar-refractivity contribution in [1.29, 1.82) is 0 Å². The van der Waals surface area contributed by atoms with Crippen LogP contribution in [0.25, 0.3) is 0 Å². The first-order valence-corrected chi connectivity index (χ1v) is 8.60. The van der Waals surface area contributed by atoms with E-state index in [-0.39, 0.29) is 17.9 Å². The third-order valence-corrected chi connectivity index (χ3v) is 4.55. The molecule has 2 N–H and O–H groups in total. The van der Waals surface area contributed by atoms with Crippen LogP contribution in [0, 0.1) is 0 Å². The third-order valence-electron chi connectivity index (χ3n) is 4.55. The fourth-order valence-electron chi connectivity index (χ4n) is 3.05. The Balaban J connectivity index is 1.75. The minimum Gasteiger partial charge on any atom is -0.480 e. The van der Waals surface area contributed by atoms with Crippen LogP contribution in [0.15, 0.2) is 24.3 Å². The van der Waals surface area contributed by atoms with E-state index in [0.29, 0.717) is 19.5 Å². The van der Waals surface area contributed by atoms with Crippen molar-refractivity contribution in [3.05, 3.63) is 35.4 Å². The molecule has 1 aliphatic rings. The predicted molar refractivity (Wildman–Crippen MR) is 94.1 cm³/mol. The molecule has 0 radical (unpaired) electrons. The van der Waals surface area contributed by atoms with Crippen LogP contribution in [0.5, 0.6) is 0 Å². The molecule has 5 nitrogen and oxygen atoms in total. The van der Waals surface area contributed by atoms with Crippen molar-refractivity contribution in [3.8, 4) is 0 Å². The molecule has 0 aromatic heterocycles. The van der Waals surface area contributed by atoms with Crippen LogP contribution < -0.4 is 5.32 Å². The summed E-state index contributed by atoms with van der Waals surface area (Å²) in [5.74, 6) is -0.936. The number of rotatable bonds is 6. The Bertz CT molecular complexity index is 575. The van der Waals surface area contributed by atoms with E-state index in [9.17, 15) is 9.59 Å². The molecule has 1 aromatic carbocycles. The maximum atomic E-state index is 12.0. The summed E-state index contributed by atoms with van der Waals surface area (Å²) in [6.45, 7) is 7.97. The number of hydrogen-bond donors (Lipinski definition) is 2. The van der Waals surface area contributed by atoms with Crippen molar-refractivity contribution in [3.63, 3.8) is 0 Å². The van der Waals surface area contributed by atoms with Gasteiger partial charge in [0.25, 0.3) is 0 Å². The minimum absolute atomic E-state index is 0.102. The molecule has 2 rings (SSSR count). The van der Waals surface area contributed by atoms with Gasteiger partial charge in [-0.3, -0.25) is 14.5 Å². The molecule has 0 saturated carbocycles. The maximum Gasteiger partial charge on any atom is 0.320 e. The van der Waals surface area contributed by atoms with Crippen molar-refractivity contribution >= 4 is 11.9 Å². The lowest BCUT2D eigenvalue weighted by molar-refractivity contribution is -0.142. The summed E-state index contributed by atoms with van der Waals surface area (Å²) < 4.78 is 0. The molecule has 5 heteroatoms. The summed E-state index contributed by atoms with van der Waals surface area (Å²) in [6, 6.07) is 7.97. The average Bonchev–Trinajstić information content (AvgIpc) is 2.95. The number of carboxylic acid groups (broad SMARTS) is 1. The van der Waals surface area contributed by atoms with Crippen molar-refractivity contribution in [2.24, 2.45) is 0 Å². The van der Waals surface area contributed by atoms with Gasteiger partial charge in [0.1, 0.15) is 6.04 Å². The van der Waals surface area contributed by atoms with Crippen LogP contribution in [-0.2, 0) is 21.4 Å². The Morgan fingerprint density at radius 3 is 2.50 bits per heavy atom. The Labute approximate surface area is 144 Å². The van der Waals surface area contributed by atoms with E-state index in [1.807, 2.05) is 0 Å². The van der Waals surface area contributed by atoms with Crippen LogP contribution in [0.3, 0.4) is 0 Å². The van der Waals surface area contributed by atoms with Gasteiger partial charge in [0, 0.05) is 6.54 Å². The molecule has 0 aliphatic carbocycles. The number of aliphatic carboxylic acids is 1. The highest BCUT2D eigenvalue weighted by Crippen LogP contribution is 2.22. The number of benzene rings is 1. The monoisotopic (exact) mass is 332 g/mol. The Morgan fingerprint density at radius 2 is 1.92 bits per heavy atom. The molecule has 0 spiro atoms. The largest absolute Gasteiger partial charge is 0.480 e. The number of hydrogen-bond acceptors (Lipinski definition) is 3. The molecule has 0 bridgehead atoms. The zero-order valence-corrected chi connectivity index (χ0v) is 14.8. The average molecular weight is 332 g/mol. The lowest BCUT2D eigenvalue weighted by atomic mass is 9.86. The molecule has 1 aromatic rings. The molecular weight excluding hydrogens is 304 g/mol. The van der Waals surface area contributed by atoms with Crippen LogP contribution in [0.1, 0.15) is 44.7 Å². The lowest BCUT2D eigenvalue weighted by Gasteiger charge is -2.20. The van der Waals surface area contributed by atoms with Gasteiger partial charge in [0.05, 0.1) is 6.54 Å². The van der Waals surface area contributed by atoms with Gasteiger partial charge in [-0.05, 0) is 42.3 Å². The summed E-state index contributed by atoms with van der Waals surface area (Å²) in [4.78, 5) is 24.9. The second kappa shape index (κ2) is 7.79. The third kappa shape index (κ3) is 5.06. The first kappa shape index (κ1) is 18.5. The summed E-state index contributed by atoms with van der Waals surface area (Å²) in [5.41, 5.74) is 2.63. The molecule has 1 heterocycles. The van der Waals surface area contributed by atoms with Gasteiger partial charge in [-0.2, -0.15) is 0 Å². The summed E-state index contributed by atoms with van der Waals surface area (Å²) in [6.07, 6.45) is 2.24. The van der Waals surface area contributed by atoms with Crippen molar-refractivity contribution in [2.75, 3.05) is 19.6 Å². The van der Waals surface area contributed by atoms with Crippen LogP contribution in [0.2, 0.25) is 0 Å². The molecule has 1 fully saturated rings. The zero-order chi connectivity index (χ0) is 17.7. The van der Waals surface area contributed by atoms with Crippen LogP contribution in [0.4, 0.5) is 0 Å². The fourth-order valence-corrected chi connectivity index (χ4v) is 3.05. The highest BCUT2D eigenvalue weighted by Gasteiger charge is 2.31. The van der Waals surface area contributed by atoms with E-state index in [1.54, 1.807) is 4.90 Å². The van der Waals surface area contributed by atoms with Crippen molar-refractivity contribution in [2.45, 2.75) is 51.5 Å². The molecule has 24 heavy (non-hydrogen) atoms. The maximum absolute atomic E-state index is 12.0. The molecule has 132 valence electrons. The van der Waals surface area contributed by atoms with Gasteiger partial charge in [-0.1, -0.05) is 45.0 Å². The van der Waals surface area contributed by atoms with E-state index in [4.69, 9.17) is 5.11 Å². The second-order valence-corrected chi connectivity index (χ2v) is 7.51. The quantitative estimate of drug-likeness (QED) is 0.838. The van der Waals surface area contributed by atoms with Gasteiger partial charge >= 0.3 is 5.97 Å². The zero-order valence-electron chi connectivity index (χ0n) is 14.8. The summed E-state index contributed by atoms with van der Waals surface area (Å²) in [7, 11) is 0. The van der Waals surface area contributed by atoms with Gasteiger partial charge in [-0.15, -0.1) is 0 Å². The van der Waals surface area contributed by atoms with Crippen LogP contribution in [-0.4, -0.2) is 47.6 Å². The fraction of sp³-hybridized carbons (Fsp3) is 0.579. The normalized spacial score (nSPS) is 18.5. The number of carbonyl (C=O) groups is 2. The second-order valence-electron chi connectivity index (χ2n) is 7.51. The first-order chi connectivity index (χ1) is 11.3. The first-order valence-electron chi connectivity index (χ1n) is 8.60. The molecule has 1 aliphatic heterocycles. The van der Waals surface area contributed by atoms with E-state index in [0.717, 1.165) is 12.8 Å². The molecular formula is C19H28N2O3. The van der Waals surface area contributed by atoms with E-state index < -0.39 is 12.0 Å².